The molecular formula is C22H37NO6. The highest BCUT2D eigenvalue weighted by atomic mass is 16.6. The van der Waals surface area contributed by atoms with E-state index in [2.05, 4.69) is 5.32 Å². The Hall–Kier alpha value is -1.06. The van der Waals surface area contributed by atoms with Crippen LogP contribution in [0.25, 0.3) is 0 Å². The molecule has 1 N–H and O–H groups in total. The average Bonchev–Trinajstić information content (AvgIpc) is 2.77. The maximum absolute atomic E-state index is 5.77. The topological polar surface area (TPSA) is 67.4 Å². The molecule has 0 spiro atoms. The summed E-state index contributed by atoms with van der Waals surface area (Å²) < 4.78 is 33.2. The van der Waals surface area contributed by atoms with E-state index in [9.17, 15) is 0 Å². The van der Waals surface area contributed by atoms with Crippen molar-refractivity contribution in [3.63, 3.8) is 0 Å². The maximum atomic E-state index is 5.77. The largest absolute Gasteiger partial charge is 0.377 e. The molecule has 29 heavy (non-hydrogen) atoms. The zero-order chi connectivity index (χ0) is 20.2. The lowest BCUT2D eigenvalue weighted by atomic mass is 10.1. The van der Waals surface area contributed by atoms with Gasteiger partial charge in [-0.1, -0.05) is 30.3 Å². The molecule has 0 aliphatic carbocycles. The molecule has 1 aliphatic rings. The highest BCUT2D eigenvalue weighted by Gasteiger charge is 2.12. The Morgan fingerprint density at radius 2 is 1.10 bits per heavy atom. The van der Waals surface area contributed by atoms with E-state index < -0.39 is 0 Å². The molecular weight excluding hydrogens is 374 g/mol. The third-order valence-electron chi connectivity index (χ3n) is 4.47. The first-order valence-electron chi connectivity index (χ1n) is 10.7. The van der Waals surface area contributed by atoms with Crippen molar-refractivity contribution in [2.45, 2.75) is 25.6 Å². The van der Waals surface area contributed by atoms with Gasteiger partial charge in [0.1, 0.15) is 0 Å². The second-order valence-corrected chi connectivity index (χ2v) is 6.81. The molecule has 2 rings (SSSR count). The van der Waals surface area contributed by atoms with Crippen LogP contribution in [0.1, 0.15) is 18.4 Å². The van der Waals surface area contributed by atoms with Crippen LogP contribution in [0, 0.1) is 0 Å². The van der Waals surface area contributed by atoms with Crippen molar-refractivity contribution in [1.82, 2.24) is 5.32 Å². The quantitative estimate of drug-likeness (QED) is 0.371. The lowest BCUT2D eigenvalue weighted by Gasteiger charge is -2.22. The molecule has 7 heteroatoms. The highest BCUT2D eigenvalue weighted by molar-refractivity contribution is 5.13. The summed E-state index contributed by atoms with van der Waals surface area (Å²) in [6.45, 7) is 8.57. The predicted molar refractivity (Wildman–Crippen MR) is 111 cm³/mol. The van der Waals surface area contributed by atoms with Crippen LogP contribution in [-0.4, -0.2) is 85.3 Å². The number of hydrogen-bond acceptors (Lipinski definition) is 7. The second kappa shape index (κ2) is 17.8. The molecule has 1 aromatic rings. The first kappa shape index (κ1) is 24.2. The van der Waals surface area contributed by atoms with Gasteiger partial charge in [-0.05, 0) is 31.5 Å². The number of piperidine rings is 1. The zero-order valence-electron chi connectivity index (χ0n) is 17.5. The molecule has 1 aliphatic heterocycles. The first-order valence-corrected chi connectivity index (χ1v) is 10.7. The predicted octanol–water partition coefficient (Wildman–Crippen LogP) is 2.04. The van der Waals surface area contributed by atoms with Crippen LogP contribution in [0.2, 0.25) is 0 Å². The lowest BCUT2D eigenvalue weighted by molar-refractivity contribution is -0.0299. The molecule has 7 nitrogen and oxygen atoms in total. The van der Waals surface area contributed by atoms with E-state index in [0.29, 0.717) is 78.8 Å². The van der Waals surface area contributed by atoms with E-state index in [1.807, 2.05) is 30.3 Å². The minimum Gasteiger partial charge on any atom is -0.377 e. The van der Waals surface area contributed by atoms with Gasteiger partial charge in [-0.2, -0.15) is 0 Å². The summed E-state index contributed by atoms with van der Waals surface area (Å²) >= 11 is 0. The summed E-state index contributed by atoms with van der Waals surface area (Å²) in [4.78, 5) is 0. The van der Waals surface area contributed by atoms with Crippen LogP contribution in [0.5, 0.6) is 0 Å². The van der Waals surface area contributed by atoms with Crippen LogP contribution in [0.4, 0.5) is 0 Å². The number of hydrogen-bond donors (Lipinski definition) is 1. The van der Waals surface area contributed by atoms with Crippen molar-refractivity contribution >= 4 is 0 Å². The van der Waals surface area contributed by atoms with Gasteiger partial charge in [0.2, 0.25) is 0 Å². The molecule has 0 atom stereocenters. The Bertz CT molecular complexity index is 470. The fourth-order valence-corrected chi connectivity index (χ4v) is 2.88. The van der Waals surface area contributed by atoms with Gasteiger partial charge in [0, 0.05) is 0 Å². The standard InChI is InChI=1S/C22H37NO6/c1-2-4-21(5-3-1)20-28-17-16-26-13-12-24-10-11-25-14-15-27-18-19-29-22-6-8-23-9-7-22/h1-5,22-23H,6-20H2. The van der Waals surface area contributed by atoms with Crippen molar-refractivity contribution in [3.05, 3.63) is 35.9 Å². The maximum Gasteiger partial charge on any atom is 0.0718 e. The molecule has 1 saturated heterocycles. The summed E-state index contributed by atoms with van der Waals surface area (Å²) in [7, 11) is 0. The third kappa shape index (κ3) is 13.7. The Morgan fingerprint density at radius 3 is 1.66 bits per heavy atom. The molecule has 0 unspecified atom stereocenters. The van der Waals surface area contributed by atoms with E-state index in [0.717, 1.165) is 25.9 Å². The van der Waals surface area contributed by atoms with E-state index in [4.69, 9.17) is 28.4 Å². The molecule has 0 aromatic heterocycles. The molecule has 0 saturated carbocycles. The summed E-state index contributed by atoms with van der Waals surface area (Å²) in [5.74, 6) is 0. The number of rotatable bonds is 18. The van der Waals surface area contributed by atoms with Gasteiger partial charge in [0.25, 0.3) is 0 Å². The third-order valence-corrected chi connectivity index (χ3v) is 4.47. The normalized spacial score (nSPS) is 15.0. The Balaban J connectivity index is 1.21. The Morgan fingerprint density at radius 1 is 0.621 bits per heavy atom. The zero-order valence-corrected chi connectivity index (χ0v) is 17.5. The fourth-order valence-electron chi connectivity index (χ4n) is 2.88. The summed E-state index contributed by atoms with van der Waals surface area (Å²) in [5.41, 5.74) is 1.17. The van der Waals surface area contributed by atoms with Gasteiger partial charge < -0.3 is 33.7 Å². The van der Waals surface area contributed by atoms with Crippen molar-refractivity contribution in [2.75, 3.05) is 79.2 Å². The van der Waals surface area contributed by atoms with Crippen LogP contribution in [-0.2, 0) is 35.0 Å². The second-order valence-electron chi connectivity index (χ2n) is 6.81. The minimum absolute atomic E-state index is 0.388. The van der Waals surface area contributed by atoms with Gasteiger partial charge in [-0.25, -0.2) is 0 Å². The van der Waals surface area contributed by atoms with E-state index in [1.165, 1.54) is 5.56 Å². The number of ether oxygens (including phenoxy) is 6. The van der Waals surface area contributed by atoms with Gasteiger partial charge in [-0.15, -0.1) is 0 Å². The Kier molecular flexibility index (Phi) is 14.8. The van der Waals surface area contributed by atoms with Gasteiger partial charge >= 0.3 is 0 Å². The van der Waals surface area contributed by atoms with Crippen LogP contribution in [0.15, 0.2) is 30.3 Å². The van der Waals surface area contributed by atoms with Gasteiger partial charge in [-0.3, -0.25) is 0 Å². The molecule has 1 heterocycles. The smallest absolute Gasteiger partial charge is 0.0718 e. The van der Waals surface area contributed by atoms with Gasteiger partial charge in [0.05, 0.1) is 78.8 Å². The van der Waals surface area contributed by atoms with Gasteiger partial charge in [0.15, 0.2) is 0 Å². The van der Waals surface area contributed by atoms with Crippen LogP contribution >= 0.6 is 0 Å². The highest BCUT2D eigenvalue weighted by Crippen LogP contribution is 2.06. The van der Waals surface area contributed by atoms with Crippen molar-refractivity contribution in [3.8, 4) is 0 Å². The molecule has 0 radical (unpaired) electrons. The average molecular weight is 412 g/mol. The monoisotopic (exact) mass is 411 g/mol. The van der Waals surface area contributed by atoms with Crippen LogP contribution in [0.3, 0.4) is 0 Å². The van der Waals surface area contributed by atoms with E-state index >= 15 is 0 Å². The summed E-state index contributed by atoms with van der Waals surface area (Å²) in [5, 5.41) is 3.33. The number of benzene rings is 1. The fraction of sp³-hybridized carbons (Fsp3) is 0.727. The van der Waals surface area contributed by atoms with Crippen LogP contribution < -0.4 is 5.32 Å². The van der Waals surface area contributed by atoms with E-state index in [-0.39, 0.29) is 0 Å². The Labute approximate surface area is 174 Å². The molecule has 166 valence electrons. The molecule has 1 fully saturated rings. The van der Waals surface area contributed by atoms with Crippen molar-refractivity contribution in [2.24, 2.45) is 0 Å². The minimum atomic E-state index is 0.388. The van der Waals surface area contributed by atoms with E-state index in [1.54, 1.807) is 0 Å². The summed E-state index contributed by atoms with van der Waals surface area (Å²) in [6, 6.07) is 10.1. The van der Waals surface area contributed by atoms with Crippen molar-refractivity contribution < 1.29 is 28.4 Å². The summed E-state index contributed by atoms with van der Waals surface area (Å²) in [6.07, 6.45) is 2.57. The molecule has 1 aromatic carbocycles. The van der Waals surface area contributed by atoms with Crippen molar-refractivity contribution in [1.29, 1.82) is 0 Å². The first-order chi connectivity index (χ1) is 14.4. The number of nitrogens with one attached hydrogen (secondary N) is 1. The molecule has 0 bridgehead atoms. The molecule has 0 amide bonds. The lowest BCUT2D eigenvalue weighted by Crippen LogP contribution is -2.33. The SMILES string of the molecule is c1ccc(COCCOCCOCCOCCOCCOC2CCNCC2)cc1.